The van der Waals surface area contributed by atoms with Gasteiger partial charge in [-0.2, -0.15) is 0 Å². The molecule has 4 heteroatoms. The van der Waals surface area contributed by atoms with Crippen LogP contribution in [0.25, 0.3) is 0 Å². The number of carbonyl (C=O) groups excluding carboxylic acids is 1. The third-order valence-electron chi connectivity index (χ3n) is 2.63. The molecule has 0 aliphatic carbocycles. The lowest BCUT2D eigenvalue weighted by atomic mass is 10.2. The van der Waals surface area contributed by atoms with Crippen molar-refractivity contribution in [2.24, 2.45) is 0 Å². The zero-order chi connectivity index (χ0) is 13.7. The number of rotatable bonds is 5. The van der Waals surface area contributed by atoms with Crippen LogP contribution in [-0.2, 0) is 4.79 Å². The number of benzene rings is 2. The van der Waals surface area contributed by atoms with Gasteiger partial charge in [0.2, 0.25) is 0 Å². The van der Waals surface area contributed by atoms with E-state index in [9.17, 15) is 9.18 Å². The third kappa shape index (κ3) is 3.58. The highest BCUT2D eigenvalue weighted by Gasteiger charge is 2.12. The topological polar surface area (TPSA) is 26.3 Å². The predicted octanol–water partition coefficient (Wildman–Crippen LogP) is 3.87. The summed E-state index contributed by atoms with van der Waals surface area (Å²) in [5.74, 6) is 0.438. The smallest absolute Gasteiger partial charge is 0.137 e. The van der Waals surface area contributed by atoms with Gasteiger partial charge in [-0.05, 0) is 35.9 Å². The molecule has 98 valence electrons. The van der Waals surface area contributed by atoms with Crippen molar-refractivity contribution in [2.75, 3.05) is 7.11 Å². The number of hydrogen-bond donors (Lipinski definition) is 0. The molecule has 0 amide bonds. The Labute approximate surface area is 115 Å². The first kappa shape index (κ1) is 13.6. The standard InChI is InChI=1S/C15H13FO2S/c1-18-13-3-2-4-14(9-13)19-15(10-17)11-5-7-12(16)8-6-11/h2-10,15H,1H3. The Morgan fingerprint density at radius 1 is 1.21 bits per heavy atom. The fourth-order valence-corrected chi connectivity index (χ4v) is 2.63. The van der Waals surface area contributed by atoms with Crippen LogP contribution < -0.4 is 4.74 Å². The van der Waals surface area contributed by atoms with E-state index in [1.165, 1.54) is 23.9 Å². The van der Waals surface area contributed by atoms with Crippen molar-refractivity contribution < 1.29 is 13.9 Å². The summed E-state index contributed by atoms with van der Waals surface area (Å²) in [4.78, 5) is 12.1. The van der Waals surface area contributed by atoms with Gasteiger partial charge in [-0.25, -0.2) is 4.39 Å². The average Bonchev–Trinajstić information content (AvgIpc) is 2.46. The minimum absolute atomic E-state index is 0.306. The quantitative estimate of drug-likeness (QED) is 0.612. The molecule has 0 aliphatic heterocycles. The molecule has 2 rings (SSSR count). The Kier molecular flexibility index (Phi) is 4.58. The van der Waals surface area contributed by atoms with Crippen LogP contribution in [0.4, 0.5) is 4.39 Å². The van der Waals surface area contributed by atoms with Crippen molar-refractivity contribution in [3.8, 4) is 5.75 Å². The molecule has 0 radical (unpaired) electrons. The SMILES string of the molecule is COc1cccc(SC(C=O)c2ccc(F)cc2)c1. The summed E-state index contributed by atoms with van der Waals surface area (Å²) in [5.41, 5.74) is 0.782. The molecular weight excluding hydrogens is 263 g/mol. The highest BCUT2D eigenvalue weighted by atomic mass is 32.2. The van der Waals surface area contributed by atoms with Gasteiger partial charge in [0.05, 0.1) is 12.4 Å². The van der Waals surface area contributed by atoms with E-state index in [1.807, 2.05) is 24.3 Å². The van der Waals surface area contributed by atoms with Crippen LogP contribution >= 0.6 is 11.8 Å². The van der Waals surface area contributed by atoms with Crippen molar-refractivity contribution >= 4 is 18.0 Å². The summed E-state index contributed by atoms with van der Waals surface area (Å²) < 4.78 is 18.0. The fraction of sp³-hybridized carbons (Fsp3) is 0.133. The highest BCUT2D eigenvalue weighted by Crippen LogP contribution is 2.35. The Morgan fingerprint density at radius 3 is 2.58 bits per heavy atom. The van der Waals surface area contributed by atoms with Gasteiger partial charge in [0, 0.05) is 4.90 Å². The first-order valence-corrected chi connectivity index (χ1v) is 6.62. The zero-order valence-corrected chi connectivity index (χ0v) is 11.2. The molecule has 2 aromatic rings. The van der Waals surface area contributed by atoms with Crippen molar-refractivity contribution in [1.82, 2.24) is 0 Å². The maximum atomic E-state index is 12.9. The van der Waals surface area contributed by atoms with E-state index in [0.29, 0.717) is 0 Å². The van der Waals surface area contributed by atoms with E-state index in [0.717, 1.165) is 22.5 Å². The largest absolute Gasteiger partial charge is 0.497 e. The number of thioether (sulfide) groups is 1. The van der Waals surface area contributed by atoms with Crippen molar-refractivity contribution in [1.29, 1.82) is 0 Å². The van der Waals surface area contributed by atoms with Crippen LogP contribution in [0.15, 0.2) is 53.4 Å². The Hall–Kier alpha value is -1.81. The molecule has 1 unspecified atom stereocenters. The van der Waals surface area contributed by atoms with E-state index in [-0.39, 0.29) is 11.1 Å². The summed E-state index contributed by atoms with van der Waals surface area (Å²) in [6.07, 6.45) is 0.859. The van der Waals surface area contributed by atoms with E-state index in [2.05, 4.69) is 0 Å². The number of ether oxygens (including phenoxy) is 1. The fourth-order valence-electron chi connectivity index (χ4n) is 1.65. The van der Waals surface area contributed by atoms with Crippen molar-refractivity contribution in [3.05, 3.63) is 59.9 Å². The zero-order valence-electron chi connectivity index (χ0n) is 10.4. The Morgan fingerprint density at radius 2 is 1.95 bits per heavy atom. The second-order valence-corrected chi connectivity index (χ2v) is 5.12. The van der Waals surface area contributed by atoms with Gasteiger partial charge < -0.3 is 9.53 Å². The molecule has 0 aliphatic rings. The second kappa shape index (κ2) is 6.38. The first-order valence-electron chi connectivity index (χ1n) is 5.74. The number of carbonyl (C=O) groups is 1. The monoisotopic (exact) mass is 276 g/mol. The van der Waals surface area contributed by atoms with E-state index in [4.69, 9.17) is 4.74 Å². The summed E-state index contributed by atoms with van der Waals surface area (Å²) in [6.45, 7) is 0. The van der Waals surface area contributed by atoms with Crippen LogP contribution in [0.3, 0.4) is 0 Å². The summed E-state index contributed by atoms with van der Waals surface area (Å²) in [6, 6.07) is 13.5. The molecule has 0 aromatic heterocycles. The molecule has 2 aromatic carbocycles. The minimum atomic E-state index is -0.354. The van der Waals surface area contributed by atoms with Crippen LogP contribution in [0, 0.1) is 5.82 Å². The van der Waals surface area contributed by atoms with Crippen LogP contribution in [0.1, 0.15) is 10.8 Å². The van der Waals surface area contributed by atoms with E-state index >= 15 is 0 Å². The Balaban J connectivity index is 2.18. The molecule has 0 N–H and O–H groups in total. The van der Waals surface area contributed by atoms with Gasteiger partial charge in [0.25, 0.3) is 0 Å². The molecule has 0 saturated heterocycles. The van der Waals surface area contributed by atoms with Gasteiger partial charge >= 0.3 is 0 Å². The minimum Gasteiger partial charge on any atom is -0.497 e. The van der Waals surface area contributed by atoms with Gasteiger partial charge in [0.1, 0.15) is 17.9 Å². The molecule has 2 nitrogen and oxygen atoms in total. The maximum Gasteiger partial charge on any atom is 0.137 e. The molecule has 0 spiro atoms. The van der Waals surface area contributed by atoms with Gasteiger partial charge in [-0.15, -0.1) is 11.8 Å². The van der Waals surface area contributed by atoms with Crippen LogP contribution in [0.2, 0.25) is 0 Å². The summed E-state index contributed by atoms with van der Waals surface area (Å²) >= 11 is 1.41. The van der Waals surface area contributed by atoms with Crippen molar-refractivity contribution in [2.45, 2.75) is 10.1 Å². The third-order valence-corrected chi connectivity index (χ3v) is 3.79. The summed E-state index contributed by atoms with van der Waals surface area (Å²) in [5, 5.41) is -0.354. The summed E-state index contributed by atoms with van der Waals surface area (Å²) in [7, 11) is 1.60. The highest BCUT2D eigenvalue weighted by molar-refractivity contribution is 8.00. The van der Waals surface area contributed by atoms with Gasteiger partial charge in [0.15, 0.2) is 0 Å². The number of methoxy groups -OCH3 is 1. The molecule has 0 saturated carbocycles. The lowest BCUT2D eigenvalue weighted by molar-refractivity contribution is -0.107. The Bertz CT molecular complexity index is 554. The van der Waals surface area contributed by atoms with Gasteiger partial charge in [-0.3, -0.25) is 0 Å². The number of aldehydes is 1. The predicted molar refractivity (Wildman–Crippen MR) is 74.1 cm³/mol. The van der Waals surface area contributed by atoms with Crippen LogP contribution in [0.5, 0.6) is 5.75 Å². The molecular formula is C15H13FO2S. The normalized spacial score (nSPS) is 11.9. The number of halogens is 1. The maximum absolute atomic E-state index is 12.9. The first-order chi connectivity index (χ1) is 9.22. The lowest BCUT2D eigenvalue weighted by Gasteiger charge is -2.11. The van der Waals surface area contributed by atoms with E-state index in [1.54, 1.807) is 19.2 Å². The second-order valence-electron chi connectivity index (χ2n) is 3.91. The molecule has 0 heterocycles. The molecule has 19 heavy (non-hydrogen) atoms. The lowest BCUT2D eigenvalue weighted by Crippen LogP contribution is -1.95. The van der Waals surface area contributed by atoms with E-state index < -0.39 is 0 Å². The average molecular weight is 276 g/mol. The number of hydrogen-bond acceptors (Lipinski definition) is 3. The molecule has 0 fully saturated rings. The molecule has 0 bridgehead atoms. The van der Waals surface area contributed by atoms with Gasteiger partial charge in [-0.1, -0.05) is 18.2 Å². The van der Waals surface area contributed by atoms with Crippen molar-refractivity contribution in [3.63, 3.8) is 0 Å². The molecule has 1 atom stereocenters. The van der Waals surface area contributed by atoms with Crippen LogP contribution in [-0.4, -0.2) is 13.4 Å².